The van der Waals surface area contributed by atoms with Gasteiger partial charge in [-0.1, -0.05) is 87.5 Å². The van der Waals surface area contributed by atoms with E-state index in [1.807, 2.05) is 155 Å². The molecule has 9 aromatic heterocycles. The van der Waals surface area contributed by atoms with E-state index in [9.17, 15) is 9.59 Å². The number of carbonyl (C=O) groups excluding carboxylic acids is 2. The van der Waals surface area contributed by atoms with Crippen LogP contribution in [-0.2, 0) is 78.9 Å². The van der Waals surface area contributed by atoms with Crippen LogP contribution in [0.4, 0.5) is 45.3 Å². The van der Waals surface area contributed by atoms with Gasteiger partial charge in [-0.15, -0.1) is 12.1 Å². The molecule has 40 heteroatoms. The van der Waals surface area contributed by atoms with Crippen molar-refractivity contribution in [3.8, 4) is 0 Å². The fourth-order valence-corrected chi connectivity index (χ4v) is 16.0. The maximum atomic E-state index is 12.5. The van der Waals surface area contributed by atoms with Crippen LogP contribution < -0.4 is 34.7 Å². The van der Waals surface area contributed by atoms with Gasteiger partial charge in [0.15, 0.2) is 0 Å². The Morgan fingerprint density at radius 1 is 0.418 bits per heavy atom. The number of morpholine rings is 3. The molecular weight excluding hydrogens is 1890 g/mol. The molecule has 6 fully saturated rings. The first-order chi connectivity index (χ1) is 65.1. The van der Waals surface area contributed by atoms with Crippen LogP contribution in [-0.4, -0.2) is 293 Å². The molecule has 0 bridgehead atoms. The molecule has 134 heavy (non-hydrogen) atoms. The van der Waals surface area contributed by atoms with Crippen LogP contribution in [0.1, 0.15) is 136 Å². The van der Waals surface area contributed by atoms with Gasteiger partial charge in [-0.05, 0) is 96.4 Å². The summed E-state index contributed by atoms with van der Waals surface area (Å²) in [4.78, 5) is 110. The number of nitrogens with one attached hydrogen (secondary N) is 1. The molecule has 6 saturated heterocycles. The first-order valence-corrected chi connectivity index (χ1v) is 53.2. The number of ether oxygens (including phenoxy) is 5. The Kier molecular flexibility index (Phi) is 35.5. The van der Waals surface area contributed by atoms with E-state index in [4.69, 9.17) is 38.6 Å². The van der Waals surface area contributed by atoms with Crippen LogP contribution in [0.3, 0.4) is 0 Å². The predicted molar refractivity (Wildman–Crippen MR) is 512 cm³/mol. The van der Waals surface area contributed by atoms with Crippen molar-refractivity contribution in [1.82, 2.24) is 119 Å². The van der Waals surface area contributed by atoms with Gasteiger partial charge in [-0.3, -0.25) is 14.0 Å². The van der Waals surface area contributed by atoms with Crippen LogP contribution >= 0.6 is 29.6 Å². The summed E-state index contributed by atoms with van der Waals surface area (Å²) in [6.45, 7) is 34.2. The summed E-state index contributed by atoms with van der Waals surface area (Å²) >= 11 is 7.63. The molecule has 1 N–H and O–H groups in total. The van der Waals surface area contributed by atoms with E-state index in [2.05, 4.69) is 220 Å². The molecule has 0 spiro atoms. The number of benzene rings is 3. The third-order valence-corrected chi connectivity index (χ3v) is 23.3. The average molecular weight is 2010 g/mol. The van der Waals surface area contributed by atoms with Gasteiger partial charge in [0, 0.05) is 192 Å². The second-order valence-corrected chi connectivity index (χ2v) is 36.0. The number of amides is 2. The zero-order valence-electron chi connectivity index (χ0n) is 77.7. The van der Waals surface area contributed by atoms with Gasteiger partial charge in [0.2, 0.25) is 35.7 Å². The molecule has 5 atom stereocenters. The molecule has 0 radical (unpaired) electrons. The van der Waals surface area contributed by atoms with E-state index in [0.29, 0.717) is 101 Å². The number of hydrogen-bond donors (Lipinski definition) is 1. The van der Waals surface area contributed by atoms with Gasteiger partial charge in [-0.25, -0.2) is 69.4 Å². The fourth-order valence-electron chi connectivity index (χ4n) is 15.8. The molecule has 15 heterocycles. The van der Waals surface area contributed by atoms with E-state index in [-0.39, 0.29) is 42.3 Å². The Hall–Kier alpha value is -11.8. The van der Waals surface area contributed by atoms with Gasteiger partial charge < -0.3 is 68.2 Å². The normalized spacial score (nSPS) is 17.5. The molecule has 2 amide bonds. The van der Waals surface area contributed by atoms with Gasteiger partial charge >= 0.3 is 42.2 Å². The number of rotatable bonds is 23. The summed E-state index contributed by atoms with van der Waals surface area (Å²) in [6, 6.07) is 31.1. The molecule has 6 aliphatic heterocycles. The maximum absolute atomic E-state index is 12.5. The molecule has 0 saturated carbocycles. The summed E-state index contributed by atoms with van der Waals surface area (Å²) in [7, 11) is 0. The summed E-state index contributed by atoms with van der Waals surface area (Å²) in [6.07, 6.45) is 30.5. The van der Waals surface area contributed by atoms with Crippen molar-refractivity contribution < 1.29 is 49.6 Å². The summed E-state index contributed by atoms with van der Waals surface area (Å²) in [5.74, 6) is 6.88. The third kappa shape index (κ3) is 29.4. The number of hydrogen-bond acceptors (Lipinski definition) is 32. The van der Waals surface area contributed by atoms with Crippen LogP contribution in [0, 0.1) is 6.42 Å². The zero-order chi connectivity index (χ0) is 93.8. The zero-order valence-corrected chi connectivity index (χ0v) is 83.8. The Morgan fingerprint density at radius 3 is 1.06 bits per heavy atom. The van der Waals surface area contributed by atoms with Gasteiger partial charge in [-0.2, -0.15) is 54.4 Å². The van der Waals surface area contributed by atoms with Crippen molar-refractivity contribution in [3.63, 3.8) is 0 Å². The Morgan fingerprint density at radius 2 is 0.739 bits per heavy atom. The summed E-state index contributed by atoms with van der Waals surface area (Å²) in [5, 5.41) is 16.9. The molecule has 2 unspecified atom stereocenters. The van der Waals surface area contributed by atoms with Crippen LogP contribution in [0.25, 0.3) is 0 Å². The van der Waals surface area contributed by atoms with Crippen molar-refractivity contribution in [2.24, 2.45) is 0 Å². The quantitative estimate of drug-likeness (QED) is 0.0459. The van der Waals surface area contributed by atoms with Crippen LogP contribution in [0.2, 0.25) is 0 Å². The number of halogens is 2. The minimum atomic E-state index is -0.533. The Labute approximate surface area is 807 Å². The summed E-state index contributed by atoms with van der Waals surface area (Å²) in [5.41, 5.74) is 8.01. The molecule has 37 nitrogen and oxygen atoms in total. The standard InChI is InChI=1S/C33H42N10O3.C28H34N10O.C25H33BrN10O3.C8H9.BrH.Zn/c1-24(26-8-6-5-7-9-26)27-18-34-30(35-19-27)40-10-12-41(13-11-40)31-37-23-36-29(39-31)16-25-17-38-43(20-25)22-28-21-42(14-15-45-28)32(44)46-33(2,3)4;1-21(23-5-3-2-4-6-23)24-15-30-27(31-16-24)36-8-10-37(11-9-36)28-33-20-32-26(35-28)13-22-14-34-38(18-22)19-25-17-29-7-12-39-25;1-25(2,3)39-24(37)35-8-9-38-20(15-35)16-36-14-18(11-31-36)10-21-29-17-30-23(32-21)34-6-4-33(5-7-34)22-27-12-19(26)13-28-22;1-2-8-6-4-3-5-7-8;;/h5-9,17-20,23-24,28H,10-16,21-22H2,1-4H3;2-6,14-16,18,20-21,25,29H,7-13,17,19H2,1H3;11-14,17,20H,4-10,15-16H2,1-3H3;2-7H,1H3;1H;/q;;;-1;;+2/p-1/t24?,28-;21?,25-;20-;;;/m000.../s1. The topological polar surface area (TPSA) is 365 Å². The molecule has 12 aromatic rings. The Bertz CT molecular complexity index is 5570. The molecule has 702 valence electrons. The number of anilines is 6. The minimum absolute atomic E-state index is 0.148. The monoisotopic (exact) mass is 2000 g/mol. The summed E-state index contributed by atoms with van der Waals surface area (Å²) < 4.78 is 35.1. The second kappa shape index (κ2) is 48.4. The van der Waals surface area contributed by atoms with Crippen molar-refractivity contribution in [3.05, 3.63) is 257 Å². The molecule has 3 aromatic carbocycles. The van der Waals surface area contributed by atoms with Gasteiger partial charge in [0.25, 0.3) is 0 Å². The number of aromatic nitrogens is 21. The number of carbonyl (C=O) groups is 2. The molecule has 6 aliphatic rings. The van der Waals surface area contributed by atoms with Crippen molar-refractivity contribution >= 4 is 77.4 Å². The average Bonchev–Trinajstić information content (AvgIpc) is 1.12. The molecule has 18 rings (SSSR count). The first-order valence-electron chi connectivity index (χ1n) is 45.5. The van der Waals surface area contributed by atoms with Gasteiger partial charge in [0.1, 0.15) is 47.7 Å². The van der Waals surface area contributed by atoms with Crippen molar-refractivity contribution in [1.29, 1.82) is 0 Å². The van der Waals surface area contributed by atoms with E-state index < -0.39 is 11.2 Å². The van der Waals surface area contributed by atoms with E-state index in [0.717, 1.165) is 161 Å². The van der Waals surface area contributed by atoms with E-state index >= 15 is 0 Å². The third-order valence-electron chi connectivity index (χ3n) is 22.9. The number of piperazine rings is 3. The Balaban J connectivity index is 0.000000154. The SMILES string of the molecule is CC(C)(C)OC(=O)N1CCO[C@H](Cn2cc(Cc3ncnc(N4CCN(c5ncc(Br)cn5)CC4)n3)cn2)C1.CC(c1ccccc1)c1cnc(N2CCN(c3ncnc(Cc4cnn(C[C@@H]5CN(C(=O)OC(C)(C)C)CCO5)c4)n3)CC2)nc1.CC(c1ccccc1)c1cnc(N2CCN(c3ncnc(Cc4cnn(C[C@@H]5CNCCO5)c4)n3)CC2)nc1.C[CH-]c1ccccc1.[Zn+][Br]. The van der Waals surface area contributed by atoms with Gasteiger partial charge in [0.05, 0.1) is 93.9 Å². The van der Waals surface area contributed by atoms with E-state index in [1.165, 1.54) is 33.0 Å². The first kappa shape index (κ1) is 98.2. The second-order valence-electron chi connectivity index (χ2n) is 35.1. The fraction of sp³-hybridized carbons (Fsp3) is 0.457. The number of nitrogens with zero attached hydrogens (tertiary/aromatic N) is 29. The molecule has 0 aliphatic carbocycles. The predicted octanol–water partition coefficient (Wildman–Crippen LogP) is 10.8. The van der Waals surface area contributed by atoms with Crippen molar-refractivity contribution in [2.75, 3.05) is 167 Å². The van der Waals surface area contributed by atoms with E-state index in [1.54, 1.807) is 41.2 Å². The molecular formula is C94H118Br2N30O7Zn. The van der Waals surface area contributed by atoms with Crippen LogP contribution in [0.15, 0.2) is 189 Å². The van der Waals surface area contributed by atoms with Crippen molar-refractivity contribution in [2.45, 2.75) is 143 Å². The van der Waals surface area contributed by atoms with Crippen LogP contribution in [0.5, 0.6) is 0 Å².